The van der Waals surface area contributed by atoms with Crippen molar-refractivity contribution in [2.24, 2.45) is 11.8 Å². The number of aliphatic hydroxyl groups is 2. The van der Waals surface area contributed by atoms with Crippen LogP contribution in [0.5, 0.6) is 0 Å². The summed E-state index contributed by atoms with van der Waals surface area (Å²) >= 11 is 0. The fourth-order valence-corrected chi connectivity index (χ4v) is 0.618. The molecule has 2 N–H and O–H groups in total. The van der Waals surface area contributed by atoms with E-state index in [1.54, 1.807) is 27.7 Å². The topological polar surface area (TPSA) is 93.1 Å². The summed E-state index contributed by atoms with van der Waals surface area (Å²) in [7, 11) is 0. The third kappa shape index (κ3) is 12.9. The van der Waals surface area contributed by atoms with Gasteiger partial charge in [0.2, 0.25) is 0 Å². The van der Waals surface area contributed by atoms with Gasteiger partial charge in [-0.3, -0.25) is 9.59 Å². The minimum atomic E-state index is -0.273. The maximum atomic E-state index is 11.0. The molecule has 0 saturated heterocycles. The highest BCUT2D eigenvalue weighted by Gasteiger charge is 2.10. The van der Waals surface area contributed by atoms with Crippen molar-refractivity contribution in [3.8, 4) is 0 Å². The van der Waals surface area contributed by atoms with Crippen molar-refractivity contribution in [1.82, 2.24) is 0 Å². The number of aliphatic hydroxyl groups excluding tert-OH is 2. The van der Waals surface area contributed by atoms with E-state index in [1.807, 2.05) is 0 Å². The molecule has 0 fully saturated rings. The van der Waals surface area contributed by atoms with E-state index >= 15 is 0 Å². The molecule has 6 nitrogen and oxygen atoms in total. The highest BCUT2D eigenvalue weighted by atomic mass is 16.6. The Kier molecular flexibility index (Phi) is 13.1. The Hall–Kier alpha value is -1.14. The van der Waals surface area contributed by atoms with Crippen LogP contribution < -0.4 is 0 Å². The Morgan fingerprint density at radius 2 is 1.11 bits per heavy atom. The normalized spacial score (nSPS) is 9.78. The molecule has 0 unspecified atom stereocenters. The smallest absolute Gasteiger partial charge is 0.308 e. The maximum absolute atomic E-state index is 11.0. The predicted octanol–water partition coefficient (Wildman–Crippen LogP) is 0.356. The molecule has 0 aliphatic carbocycles. The highest BCUT2D eigenvalue weighted by molar-refractivity contribution is 5.72. The Labute approximate surface area is 108 Å². The lowest BCUT2D eigenvalue weighted by Gasteiger charge is -2.08. The molecule has 18 heavy (non-hydrogen) atoms. The van der Waals surface area contributed by atoms with Crippen LogP contribution in [-0.4, -0.2) is 48.6 Å². The second-order valence-electron chi connectivity index (χ2n) is 4.09. The largest absolute Gasteiger partial charge is 0.462 e. The molecule has 0 rings (SSSR count). The van der Waals surface area contributed by atoms with Crippen LogP contribution in [0.25, 0.3) is 0 Å². The number of carbonyl (C=O) groups excluding carboxylic acids is 2. The van der Waals surface area contributed by atoms with E-state index in [2.05, 4.69) is 0 Å². The van der Waals surface area contributed by atoms with Gasteiger partial charge in [0, 0.05) is 0 Å². The predicted molar refractivity (Wildman–Crippen MR) is 65.8 cm³/mol. The summed E-state index contributed by atoms with van der Waals surface area (Å²) in [5.74, 6) is -0.831. The van der Waals surface area contributed by atoms with E-state index in [9.17, 15) is 9.59 Å². The lowest BCUT2D eigenvalue weighted by atomic mass is 10.2. The molecule has 0 aromatic carbocycles. The summed E-state index contributed by atoms with van der Waals surface area (Å²) in [5, 5.41) is 15.2. The van der Waals surface area contributed by atoms with Gasteiger partial charge in [-0.25, -0.2) is 0 Å². The second-order valence-corrected chi connectivity index (χ2v) is 4.09. The van der Waals surface area contributed by atoms with Crippen LogP contribution in [0.15, 0.2) is 0 Å². The van der Waals surface area contributed by atoms with E-state index in [4.69, 9.17) is 19.7 Å². The zero-order valence-corrected chi connectivity index (χ0v) is 11.5. The molecular formula is C12H24O6. The molecular weight excluding hydrogens is 240 g/mol. The van der Waals surface area contributed by atoms with Gasteiger partial charge in [-0.05, 0) is 0 Å². The first-order valence-electron chi connectivity index (χ1n) is 5.91. The number of hydrogen-bond donors (Lipinski definition) is 2. The lowest BCUT2D eigenvalue weighted by molar-refractivity contribution is -0.156. The van der Waals surface area contributed by atoms with Gasteiger partial charge in [0.05, 0.1) is 25.0 Å². The fraction of sp³-hybridized carbons (Fsp3) is 0.833. The first kappa shape index (κ1) is 19.2. The fourth-order valence-electron chi connectivity index (χ4n) is 0.618. The van der Waals surface area contributed by atoms with Crippen LogP contribution in [-0.2, 0) is 19.1 Å². The Bertz CT molecular complexity index is 201. The lowest BCUT2D eigenvalue weighted by Crippen LogP contribution is -2.19. The Morgan fingerprint density at radius 1 is 0.833 bits per heavy atom. The molecule has 0 aromatic heterocycles. The van der Waals surface area contributed by atoms with E-state index < -0.39 is 0 Å². The van der Waals surface area contributed by atoms with Gasteiger partial charge in [0.15, 0.2) is 0 Å². The molecule has 0 bridgehead atoms. The maximum Gasteiger partial charge on any atom is 0.308 e. The van der Waals surface area contributed by atoms with Crippen LogP contribution in [0.2, 0.25) is 0 Å². The summed E-state index contributed by atoms with van der Waals surface area (Å²) in [6.07, 6.45) is 0. The molecule has 0 aliphatic rings. The SMILES string of the molecule is CC(C)C(=O)OCCOC(=O)C(C)C.OCCO. The monoisotopic (exact) mass is 264 g/mol. The van der Waals surface area contributed by atoms with Crippen molar-refractivity contribution in [1.29, 1.82) is 0 Å². The third-order valence-corrected chi connectivity index (χ3v) is 1.61. The van der Waals surface area contributed by atoms with Gasteiger partial charge in [0.25, 0.3) is 0 Å². The summed E-state index contributed by atoms with van der Waals surface area (Å²) in [6.45, 7) is 7.03. The van der Waals surface area contributed by atoms with Crippen LogP contribution in [0.3, 0.4) is 0 Å². The van der Waals surface area contributed by atoms with Crippen molar-refractivity contribution in [2.75, 3.05) is 26.4 Å². The second kappa shape index (κ2) is 12.3. The van der Waals surface area contributed by atoms with Gasteiger partial charge in [0.1, 0.15) is 13.2 Å². The summed E-state index contributed by atoms with van der Waals surface area (Å²) in [4.78, 5) is 21.9. The van der Waals surface area contributed by atoms with Crippen LogP contribution >= 0.6 is 0 Å². The molecule has 0 saturated carbocycles. The van der Waals surface area contributed by atoms with E-state index in [-0.39, 0.29) is 50.2 Å². The molecule has 6 heteroatoms. The summed E-state index contributed by atoms with van der Waals surface area (Å²) in [5.41, 5.74) is 0. The zero-order chi connectivity index (χ0) is 14.6. The molecule has 0 aliphatic heterocycles. The minimum Gasteiger partial charge on any atom is -0.462 e. The van der Waals surface area contributed by atoms with Crippen molar-refractivity contribution in [3.05, 3.63) is 0 Å². The molecule has 0 aromatic rings. The molecule has 0 amide bonds. The quantitative estimate of drug-likeness (QED) is 0.531. The van der Waals surface area contributed by atoms with E-state index in [0.717, 1.165) is 0 Å². The van der Waals surface area contributed by atoms with Crippen LogP contribution in [0.4, 0.5) is 0 Å². The number of hydrogen-bond acceptors (Lipinski definition) is 6. The minimum absolute atomic E-state index is 0.125. The molecule has 0 heterocycles. The first-order valence-corrected chi connectivity index (χ1v) is 5.91. The molecule has 0 atom stereocenters. The number of ether oxygens (including phenoxy) is 2. The summed E-state index contributed by atoms with van der Waals surface area (Å²) in [6, 6.07) is 0. The standard InChI is InChI=1S/C10H18O4.C2H6O2/c1-7(2)9(11)13-5-6-14-10(12)8(3)4;3-1-2-4/h7-8H,5-6H2,1-4H3;3-4H,1-2H2. The third-order valence-electron chi connectivity index (χ3n) is 1.61. The van der Waals surface area contributed by atoms with Crippen molar-refractivity contribution in [3.63, 3.8) is 0 Å². The zero-order valence-electron chi connectivity index (χ0n) is 11.5. The first-order chi connectivity index (χ1) is 8.36. The van der Waals surface area contributed by atoms with E-state index in [1.165, 1.54) is 0 Å². The van der Waals surface area contributed by atoms with Crippen molar-refractivity contribution >= 4 is 11.9 Å². The van der Waals surface area contributed by atoms with Gasteiger partial charge >= 0.3 is 11.9 Å². The summed E-state index contributed by atoms with van der Waals surface area (Å²) < 4.78 is 9.63. The van der Waals surface area contributed by atoms with Gasteiger partial charge < -0.3 is 19.7 Å². The van der Waals surface area contributed by atoms with Gasteiger partial charge in [-0.1, -0.05) is 27.7 Å². The molecule has 108 valence electrons. The number of rotatable bonds is 6. The average Bonchev–Trinajstić information content (AvgIpc) is 2.33. The molecule has 0 spiro atoms. The van der Waals surface area contributed by atoms with Crippen LogP contribution in [0.1, 0.15) is 27.7 Å². The highest BCUT2D eigenvalue weighted by Crippen LogP contribution is 1.97. The van der Waals surface area contributed by atoms with Crippen LogP contribution in [0, 0.1) is 11.8 Å². The Morgan fingerprint density at radius 3 is 1.28 bits per heavy atom. The van der Waals surface area contributed by atoms with Crippen molar-refractivity contribution < 1.29 is 29.3 Å². The number of esters is 2. The van der Waals surface area contributed by atoms with E-state index in [0.29, 0.717) is 0 Å². The average molecular weight is 264 g/mol. The van der Waals surface area contributed by atoms with Crippen molar-refractivity contribution in [2.45, 2.75) is 27.7 Å². The van der Waals surface area contributed by atoms with Gasteiger partial charge in [-0.15, -0.1) is 0 Å². The molecule has 0 radical (unpaired) electrons. The number of carbonyl (C=O) groups is 2. The Balaban J connectivity index is 0. The van der Waals surface area contributed by atoms with Gasteiger partial charge in [-0.2, -0.15) is 0 Å².